The monoisotopic (exact) mass is 200 g/mol. The normalized spacial score (nSPS) is 10.8. The van der Waals surface area contributed by atoms with Crippen LogP contribution in [0.3, 0.4) is 0 Å². The molecule has 0 radical (unpaired) electrons. The Balaban J connectivity index is 3.03. The van der Waals surface area contributed by atoms with E-state index in [2.05, 4.69) is 20.2 Å². The SMILES string of the molecule is Cc1nc(Cl)nc2[nH][nH]c(=S)c12. The van der Waals surface area contributed by atoms with Crippen LogP contribution in [-0.2, 0) is 0 Å². The van der Waals surface area contributed by atoms with Crippen LogP contribution in [0.4, 0.5) is 0 Å². The third kappa shape index (κ3) is 1.02. The fourth-order valence-electron chi connectivity index (χ4n) is 1.08. The van der Waals surface area contributed by atoms with Crippen molar-refractivity contribution >= 4 is 34.9 Å². The van der Waals surface area contributed by atoms with Gasteiger partial charge in [0.1, 0.15) is 4.64 Å². The number of hydrogen-bond acceptors (Lipinski definition) is 3. The van der Waals surface area contributed by atoms with E-state index in [0.29, 0.717) is 10.3 Å². The number of nitrogens with zero attached hydrogens (tertiary/aromatic N) is 2. The Bertz CT molecular complexity index is 486. The number of hydrogen-bond donors (Lipinski definition) is 2. The molecular weight excluding hydrogens is 196 g/mol. The summed E-state index contributed by atoms with van der Waals surface area (Å²) in [5.74, 6) is 0. The standard InChI is InChI=1S/C6H5ClN4S/c1-2-3-4(9-6(7)8-2)10-11-5(3)12/h1H3,(H2,8,9,10,11,12). The minimum atomic E-state index is 0.227. The molecule has 0 aliphatic heterocycles. The number of aromatic nitrogens is 4. The molecule has 0 spiro atoms. The predicted molar refractivity (Wildman–Crippen MR) is 48.8 cm³/mol. The lowest BCUT2D eigenvalue weighted by atomic mass is 10.3. The summed E-state index contributed by atoms with van der Waals surface area (Å²) < 4.78 is 0.610. The van der Waals surface area contributed by atoms with Crippen LogP contribution in [0, 0.1) is 11.6 Å². The Hall–Kier alpha value is -0.940. The number of halogens is 1. The number of aromatic amines is 2. The zero-order chi connectivity index (χ0) is 8.72. The molecule has 12 heavy (non-hydrogen) atoms. The Morgan fingerprint density at radius 2 is 2.08 bits per heavy atom. The van der Waals surface area contributed by atoms with Gasteiger partial charge in [0.25, 0.3) is 0 Å². The highest BCUT2D eigenvalue weighted by Gasteiger charge is 2.05. The van der Waals surface area contributed by atoms with Crippen molar-refractivity contribution < 1.29 is 0 Å². The Morgan fingerprint density at radius 3 is 2.83 bits per heavy atom. The highest BCUT2D eigenvalue weighted by Crippen LogP contribution is 2.15. The number of nitrogens with one attached hydrogen (secondary N) is 2. The molecule has 0 saturated carbocycles. The molecule has 0 fully saturated rings. The molecule has 0 aliphatic carbocycles. The first-order valence-corrected chi connectivity index (χ1v) is 4.07. The highest BCUT2D eigenvalue weighted by molar-refractivity contribution is 7.71. The molecule has 0 aromatic carbocycles. The lowest BCUT2D eigenvalue weighted by Crippen LogP contribution is -1.87. The van der Waals surface area contributed by atoms with Gasteiger partial charge in [-0.15, -0.1) is 0 Å². The van der Waals surface area contributed by atoms with Gasteiger partial charge in [-0.3, -0.25) is 10.2 Å². The first-order valence-electron chi connectivity index (χ1n) is 3.29. The third-order valence-electron chi connectivity index (χ3n) is 1.58. The van der Waals surface area contributed by atoms with Gasteiger partial charge in [-0.05, 0) is 18.5 Å². The molecule has 4 nitrogen and oxygen atoms in total. The van der Waals surface area contributed by atoms with Gasteiger partial charge in [-0.25, -0.2) is 4.98 Å². The van der Waals surface area contributed by atoms with E-state index >= 15 is 0 Å². The van der Waals surface area contributed by atoms with Gasteiger partial charge >= 0.3 is 0 Å². The summed E-state index contributed by atoms with van der Waals surface area (Å²) in [6.07, 6.45) is 0. The van der Waals surface area contributed by atoms with Crippen LogP contribution in [0.25, 0.3) is 11.0 Å². The number of fused-ring (bicyclic) bond motifs is 1. The zero-order valence-electron chi connectivity index (χ0n) is 6.18. The first-order chi connectivity index (χ1) is 5.68. The van der Waals surface area contributed by atoms with E-state index in [4.69, 9.17) is 23.8 Å². The minimum absolute atomic E-state index is 0.227. The van der Waals surface area contributed by atoms with Crippen molar-refractivity contribution in [1.29, 1.82) is 0 Å². The number of rotatable bonds is 0. The minimum Gasteiger partial charge on any atom is -0.289 e. The van der Waals surface area contributed by atoms with Crippen molar-refractivity contribution in [3.8, 4) is 0 Å². The number of aryl methyl sites for hydroxylation is 1. The van der Waals surface area contributed by atoms with E-state index in [-0.39, 0.29) is 5.28 Å². The van der Waals surface area contributed by atoms with Crippen LogP contribution >= 0.6 is 23.8 Å². The van der Waals surface area contributed by atoms with Crippen molar-refractivity contribution in [3.63, 3.8) is 0 Å². The molecule has 6 heteroatoms. The van der Waals surface area contributed by atoms with Crippen molar-refractivity contribution in [2.75, 3.05) is 0 Å². The fourth-order valence-corrected chi connectivity index (χ4v) is 1.59. The fraction of sp³-hybridized carbons (Fsp3) is 0.167. The summed E-state index contributed by atoms with van der Waals surface area (Å²) in [6, 6.07) is 0. The summed E-state index contributed by atoms with van der Waals surface area (Å²) in [6.45, 7) is 1.84. The highest BCUT2D eigenvalue weighted by atomic mass is 35.5. The van der Waals surface area contributed by atoms with Crippen molar-refractivity contribution in [2.24, 2.45) is 0 Å². The molecule has 0 amide bonds. The van der Waals surface area contributed by atoms with Crippen LogP contribution in [-0.4, -0.2) is 20.2 Å². The molecule has 0 aliphatic rings. The molecule has 2 aromatic heterocycles. The molecular formula is C6H5ClN4S. The average molecular weight is 201 g/mol. The van der Waals surface area contributed by atoms with E-state index in [1.165, 1.54) is 0 Å². The lowest BCUT2D eigenvalue weighted by molar-refractivity contribution is 1.07. The molecule has 62 valence electrons. The molecule has 0 unspecified atom stereocenters. The van der Waals surface area contributed by atoms with E-state index in [1.807, 2.05) is 6.92 Å². The topological polar surface area (TPSA) is 57.4 Å². The molecule has 0 saturated heterocycles. The molecule has 0 bridgehead atoms. The summed E-state index contributed by atoms with van der Waals surface area (Å²) in [5.41, 5.74) is 1.44. The van der Waals surface area contributed by atoms with Gasteiger partial charge in [0, 0.05) is 0 Å². The van der Waals surface area contributed by atoms with Crippen LogP contribution in [0.15, 0.2) is 0 Å². The average Bonchev–Trinajstić information content (AvgIpc) is 2.31. The summed E-state index contributed by atoms with van der Waals surface area (Å²) in [7, 11) is 0. The first kappa shape index (κ1) is 7.70. The second-order valence-corrected chi connectivity index (χ2v) is 3.13. The lowest BCUT2D eigenvalue weighted by Gasteiger charge is -1.93. The second-order valence-electron chi connectivity index (χ2n) is 2.38. The molecule has 2 N–H and O–H groups in total. The van der Waals surface area contributed by atoms with Crippen molar-refractivity contribution in [1.82, 2.24) is 20.2 Å². The van der Waals surface area contributed by atoms with Crippen LogP contribution in [0.1, 0.15) is 5.69 Å². The van der Waals surface area contributed by atoms with E-state index < -0.39 is 0 Å². The molecule has 0 atom stereocenters. The largest absolute Gasteiger partial charge is 0.289 e. The second kappa shape index (κ2) is 2.53. The molecule has 2 aromatic rings. The van der Waals surface area contributed by atoms with E-state index in [1.54, 1.807) is 0 Å². The quantitative estimate of drug-likeness (QED) is 0.505. The van der Waals surface area contributed by atoms with E-state index in [0.717, 1.165) is 11.1 Å². The van der Waals surface area contributed by atoms with Gasteiger partial charge in [0.05, 0.1) is 11.1 Å². The summed E-state index contributed by atoms with van der Waals surface area (Å²) >= 11 is 10.7. The Kier molecular flexibility index (Phi) is 1.62. The van der Waals surface area contributed by atoms with E-state index in [9.17, 15) is 0 Å². The van der Waals surface area contributed by atoms with Gasteiger partial charge in [0.15, 0.2) is 5.65 Å². The summed E-state index contributed by atoms with van der Waals surface area (Å²) in [4.78, 5) is 7.94. The predicted octanol–water partition coefficient (Wildman–Crippen LogP) is 1.98. The molecule has 2 rings (SSSR count). The van der Waals surface area contributed by atoms with Gasteiger partial charge in [-0.2, -0.15) is 4.98 Å². The molecule has 2 heterocycles. The zero-order valence-corrected chi connectivity index (χ0v) is 7.75. The van der Waals surface area contributed by atoms with Gasteiger partial charge in [0.2, 0.25) is 5.28 Å². The smallest absolute Gasteiger partial charge is 0.224 e. The van der Waals surface area contributed by atoms with Crippen LogP contribution < -0.4 is 0 Å². The Morgan fingerprint density at radius 1 is 1.33 bits per heavy atom. The third-order valence-corrected chi connectivity index (χ3v) is 2.06. The Labute approximate surface area is 78.0 Å². The maximum atomic E-state index is 5.64. The maximum absolute atomic E-state index is 5.64. The maximum Gasteiger partial charge on any atom is 0.224 e. The summed E-state index contributed by atoms with van der Waals surface area (Å²) in [5, 5.41) is 6.63. The van der Waals surface area contributed by atoms with Crippen molar-refractivity contribution in [3.05, 3.63) is 15.6 Å². The van der Waals surface area contributed by atoms with Gasteiger partial charge < -0.3 is 0 Å². The van der Waals surface area contributed by atoms with Gasteiger partial charge in [-0.1, -0.05) is 12.2 Å². The van der Waals surface area contributed by atoms with Crippen molar-refractivity contribution in [2.45, 2.75) is 6.92 Å². The van der Waals surface area contributed by atoms with Crippen LogP contribution in [0.2, 0.25) is 5.28 Å². The number of H-pyrrole nitrogens is 2. The van der Waals surface area contributed by atoms with Crippen LogP contribution in [0.5, 0.6) is 0 Å².